The molecule has 8 heteroatoms. The van der Waals surface area contributed by atoms with Crippen LogP contribution in [-0.2, 0) is 4.74 Å². The fraction of sp³-hybridized carbons (Fsp3) is 0.350. The van der Waals surface area contributed by atoms with Crippen molar-refractivity contribution in [3.8, 4) is 35.1 Å². The maximum Gasteiger partial charge on any atom is 0.573 e. The lowest BCUT2D eigenvalue weighted by molar-refractivity contribution is -0.274. The van der Waals surface area contributed by atoms with Crippen LogP contribution in [0.5, 0.6) is 11.5 Å². The number of aromatic nitrogens is 1. The number of methoxy groups -OCH3 is 2. The van der Waals surface area contributed by atoms with Crippen molar-refractivity contribution in [2.45, 2.75) is 26.3 Å². The Morgan fingerprint density at radius 3 is 2.54 bits per heavy atom. The highest BCUT2D eigenvalue weighted by Gasteiger charge is 2.31. The van der Waals surface area contributed by atoms with Gasteiger partial charge in [-0.1, -0.05) is 0 Å². The summed E-state index contributed by atoms with van der Waals surface area (Å²) in [5.74, 6) is 2.34. The van der Waals surface area contributed by atoms with Gasteiger partial charge < -0.3 is 19.5 Å². The number of alkyl halides is 3. The van der Waals surface area contributed by atoms with Gasteiger partial charge in [0.05, 0.1) is 25.1 Å². The molecule has 0 saturated heterocycles. The smallest absolute Gasteiger partial charge is 0.496 e. The minimum atomic E-state index is -4.79. The second-order valence-corrected chi connectivity index (χ2v) is 6.10. The first-order valence-electron chi connectivity index (χ1n) is 8.36. The monoisotopic (exact) mass is 394 g/mol. The maximum atomic E-state index is 12.5. The van der Waals surface area contributed by atoms with Crippen LogP contribution >= 0.6 is 0 Å². The predicted octanol–water partition coefficient (Wildman–Crippen LogP) is 4.39. The number of terminal acetylenes is 1. The van der Waals surface area contributed by atoms with Gasteiger partial charge in [0.2, 0.25) is 0 Å². The number of ether oxygens (including phenoxy) is 3. The molecule has 28 heavy (non-hydrogen) atoms. The van der Waals surface area contributed by atoms with Crippen molar-refractivity contribution in [2.24, 2.45) is 0 Å². The lowest BCUT2D eigenvalue weighted by atomic mass is 10.0. The summed E-state index contributed by atoms with van der Waals surface area (Å²) in [6.45, 7) is 4.25. The van der Waals surface area contributed by atoms with E-state index in [9.17, 15) is 13.2 Å². The number of aryl methyl sites for hydroxylation is 1. The van der Waals surface area contributed by atoms with Crippen molar-refractivity contribution in [3.63, 3.8) is 0 Å². The number of hydrogen-bond acceptors (Lipinski definition) is 5. The predicted molar refractivity (Wildman–Crippen MR) is 101 cm³/mol. The average molecular weight is 394 g/mol. The molecule has 1 unspecified atom stereocenters. The quantitative estimate of drug-likeness (QED) is 0.706. The maximum absolute atomic E-state index is 12.5. The first kappa shape index (κ1) is 21.4. The van der Waals surface area contributed by atoms with E-state index in [1.54, 1.807) is 7.11 Å². The van der Waals surface area contributed by atoms with Gasteiger partial charge in [-0.2, -0.15) is 0 Å². The minimum absolute atomic E-state index is 0.0116. The van der Waals surface area contributed by atoms with Gasteiger partial charge in [0, 0.05) is 24.8 Å². The number of anilines is 1. The topological polar surface area (TPSA) is 52.6 Å². The Hall–Kier alpha value is -2.92. The van der Waals surface area contributed by atoms with Crippen LogP contribution in [-0.4, -0.2) is 38.2 Å². The number of pyridine rings is 1. The van der Waals surface area contributed by atoms with Crippen LogP contribution in [0.2, 0.25) is 0 Å². The van der Waals surface area contributed by atoms with Gasteiger partial charge in [-0.05, 0) is 43.5 Å². The van der Waals surface area contributed by atoms with Crippen molar-refractivity contribution < 1.29 is 27.4 Å². The number of halogens is 3. The standard InChI is InChI=1S/C20H21F3N2O3/c1-6-16-17(24-13(3)11-26-4)9-12(2)19(25-16)15-8-7-14(10-18(15)27-5)28-20(21,22)23/h1,7-10,13,24H,11H2,2-5H3. The van der Waals surface area contributed by atoms with E-state index < -0.39 is 6.36 Å². The van der Waals surface area contributed by atoms with Crippen LogP contribution in [0, 0.1) is 19.3 Å². The highest BCUT2D eigenvalue weighted by atomic mass is 19.4. The minimum Gasteiger partial charge on any atom is -0.496 e. The molecule has 2 rings (SSSR count). The Bertz CT molecular complexity index is 876. The zero-order valence-corrected chi connectivity index (χ0v) is 16.0. The highest BCUT2D eigenvalue weighted by molar-refractivity contribution is 5.74. The molecule has 0 aliphatic heterocycles. The van der Waals surface area contributed by atoms with Gasteiger partial charge in [-0.25, -0.2) is 4.98 Å². The number of nitrogens with one attached hydrogen (secondary N) is 1. The Morgan fingerprint density at radius 1 is 1.25 bits per heavy atom. The van der Waals surface area contributed by atoms with Gasteiger partial charge in [-0.15, -0.1) is 19.6 Å². The van der Waals surface area contributed by atoms with Gasteiger partial charge in [0.1, 0.15) is 17.2 Å². The second-order valence-electron chi connectivity index (χ2n) is 6.10. The molecule has 0 amide bonds. The normalized spacial score (nSPS) is 12.2. The molecule has 0 aliphatic carbocycles. The van der Waals surface area contributed by atoms with E-state index in [-0.39, 0.29) is 17.5 Å². The molecular formula is C20H21F3N2O3. The van der Waals surface area contributed by atoms with E-state index in [0.717, 1.165) is 11.6 Å². The second kappa shape index (κ2) is 8.85. The van der Waals surface area contributed by atoms with Crippen molar-refractivity contribution in [3.05, 3.63) is 35.5 Å². The molecule has 0 radical (unpaired) electrons. The zero-order chi connectivity index (χ0) is 20.9. The van der Waals surface area contributed by atoms with E-state index in [4.69, 9.17) is 15.9 Å². The van der Waals surface area contributed by atoms with E-state index >= 15 is 0 Å². The summed E-state index contributed by atoms with van der Waals surface area (Å²) in [4.78, 5) is 4.50. The fourth-order valence-electron chi connectivity index (χ4n) is 2.73. The summed E-state index contributed by atoms with van der Waals surface area (Å²) >= 11 is 0. The lowest BCUT2D eigenvalue weighted by Gasteiger charge is -2.18. The summed E-state index contributed by atoms with van der Waals surface area (Å²) in [6.07, 6.45) is 0.813. The Morgan fingerprint density at radius 2 is 1.96 bits per heavy atom. The van der Waals surface area contributed by atoms with Crippen molar-refractivity contribution in [2.75, 3.05) is 26.1 Å². The molecule has 2 aromatic rings. The summed E-state index contributed by atoms with van der Waals surface area (Å²) in [6, 6.07) is 5.66. The molecule has 1 aromatic heterocycles. The number of hydrogen-bond donors (Lipinski definition) is 1. The highest BCUT2D eigenvalue weighted by Crippen LogP contribution is 2.36. The zero-order valence-electron chi connectivity index (χ0n) is 16.0. The van der Waals surface area contributed by atoms with Gasteiger partial charge in [0.25, 0.3) is 0 Å². The molecule has 1 aromatic carbocycles. The summed E-state index contributed by atoms with van der Waals surface area (Å²) in [5.41, 5.74) is 2.83. The largest absolute Gasteiger partial charge is 0.573 e. The molecule has 1 atom stereocenters. The van der Waals surface area contributed by atoms with Crippen LogP contribution in [0.3, 0.4) is 0 Å². The number of nitrogens with zero attached hydrogens (tertiary/aromatic N) is 1. The van der Waals surface area contributed by atoms with E-state index in [0.29, 0.717) is 29.2 Å². The Labute approximate surface area is 161 Å². The number of benzene rings is 1. The van der Waals surface area contributed by atoms with E-state index in [1.807, 2.05) is 19.9 Å². The third-order valence-corrected chi connectivity index (χ3v) is 3.83. The number of rotatable bonds is 7. The van der Waals surface area contributed by atoms with Crippen molar-refractivity contribution in [1.82, 2.24) is 4.98 Å². The molecule has 1 N–H and O–H groups in total. The van der Waals surface area contributed by atoms with Crippen molar-refractivity contribution >= 4 is 5.69 Å². The third-order valence-electron chi connectivity index (χ3n) is 3.83. The summed E-state index contributed by atoms with van der Waals surface area (Å²) in [7, 11) is 2.96. The molecule has 5 nitrogen and oxygen atoms in total. The molecule has 150 valence electrons. The lowest BCUT2D eigenvalue weighted by Crippen LogP contribution is -2.21. The molecule has 1 heterocycles. The third kappa shape index (κ3) is 5.30. The molecule has 0 saturated carbocycles. The average Bonchev–Trinajstić information content (AvgIpc) is 2.61. The van der Waals surface area contributed by atoms with Gasteiger partial charge in [0.15, 0.2) is 0 Å². The molecule has 0 bridgehead atoms. The summed E-state index contributed by atoms with van der Waals surface area (Å²) in [5, 5.41) is 3.24. The van der Waals surface area contributed by atoms with Crippen LogP contribution < -0.4 is 14.8 Å². The van der Waals surface area contributed by atoms with Gasteiger partial charge >= 0.3 is 6.36 Å². The molecule has 0 fully saturated rings. The molecule has 0 aliphatic rings. The van der Waals surface area contributed by atoms with Gasteiger partial charge in [-0.3, -0.25) is 0 Å². The SMILES string of the molecule is C#Cc1nc(-c2ccc(OC(F)(F)F)cc2OC)c(C)cc1NC(C)COC. The summed E-state index contributed by atoms with van der Waals surface area (Å²) < 4.78 is 51.6. The first-order valence-corrected chi connectivity index (χ1v) is 8.36. The molecule has 0 spiro atoms. The van der Waals surface area contributed by atoms with Crippen LogP contribution in [0.1, 0.15) is 18.2 Å². The Balaban J connectivity index is 2.46. The Kier molecular flexibility index (Phi) is 6.75. The van der Waals surface area contributed by atoms with E-state index in [1.165, 1.54) is 19.2 Å². The molecular weight excluding hydrogens is 373 g/mol. The van der Waals surface area contributed by atoms with Crippen LogP contribution in [0.4, 0.5) is 18.9 Å². The van der Waals surface area contributed by atoms with Crippen LogP contribution in [0.15, 0.2) is 24.3 Å². The van der Waals surface area contributed by atoms with E-state index in [2.05, 4.69) is 21.0 Å². The fourth-order valence-corrected chi connectivity index (χ4v) is 2.73. The van der Waals surface area contributed by atoms with Crippen molar-refractivity contribution in [1.29, 1.82) is 0 Å². The van der Waals surface area contributed by atoms with Crippen LogP contribution in [0.25, 0.3) is 11.3 Å². The first-order chi connectivity index (χ1) is 13.2.